The normalized spacial score (nSPS) is 10.5. The largest absolute Gasteiger partial charge is 0.388 e. The van der Waals surface area contributed by atoms with Crippen LogP contribution in [0.4, 0.5) is 5.69 Å². The van der Waals surface area contributed by atoms with E-state index in [0.717, 1.165) is 22.2 Å². The zero-order valence-corrected chi connectivity index (χ0v) is 19.1. The molecule has 0 unspecified atom stereocenters. The SMILES string of the molecule is CC.CC.CNc1cc(C)c2c(C)cc(C#N)c3c4cccc5cccc(c1c23)c54. The molecule has 0 saturated carbocycles. The monoisotopic (exact) mass is 394 g/mol. The highest BCUT2D eigenvalue weighted by Crippen LogP contribution is 2.46. The van der Waals surface area contributed by atoms with Gasteiger partial charge in [0.2, 0.25) is 0 Å². The van der Waals surface area contributed by atoms with E-state index in [0.29, 0.717) is 0 Å². The van der Waals surface area contributed by atoms with Gasteiger partial charge in [-0.3, -0.25) is 0 Å². The number of anilines is 1. The first kappa shape index (κ1) is 21.4. The second-order valence-corrected chi connectivity index (χ2v) is 7.05. The Bertz CT molecular complexity index is 1380. The summed E-state index contributed by atoms with van der Waals surface area (Å²) in [6.07, 6.45) is 0. The summed E-state index contributed by atoms with van der Waals surface area (Å²) < 4.78 is 0. The first-order valence-electron chi connectivity index (χ1n) is 10.9. The number of hydrogen-bond donors (Lipinski definition) is 1. The maximum absolute atomic E-state index is 9.88. The van der Waals surface area contributed by atoms with Crippen LogP contribution in [0.15, 0.2) is 48.5 Å². The maximum Gasteiger partial charge on any atom is 0.0998 e. The molecule has 0 aliphatic rings. The Balaban J connectivity index is 0.000000606. The fourth-order valence-corrected chi connectivity index (χ4v) is 4.67. The van der Waals surface area contributed by atoms with Gasteiger partial charge in [0.15, 0.2) is 0 Å². The predicted molar refractivity (Wildman–Crippen MR) is 134 cm³/mol. The lowest BCUT2D eigenvalue weighted by Crippen LogP contribution is -1.98. The molecule has 5 aromatic carbocycles. The van der Waals surface area contributed by atoms with Gasteiger partial charge < -0.3 is 5.32 Å². The van der Waals surface area contributed by atoms with Crippen molar-refractivity contribution in [3.8, 4) is 6.07 Å². The number of benzene rings is 5. The van der Waals surface area contributed by atoms with E-state index >= 15 is 0 Å². The van der Waals surface area contributed by atoms with E-state index in [-0.39, 0.29) is 0 Å². The summed E-state index contributed by atoms with van der Waals surface area (Å²) in [7, 11) is 1.97. The van der Waals surface area contributed by atoms with Gasteiger partial charge in [0, 0.05) is 28.9 Å². The average Bonchev–Trinajstić information content (AvgIpc) is 2.80. The van der Waals surface area contributed by atoms with Gasteiger partial charge in [-0.25, -0.2) is 0 Å². The minimum Gasteiger partial charge on any atom is -0.388 e. The molecule has 30 heavy (non-hydrogen) atoms. The van der Waals surface area contributed by atoms with E-state index in [2.05, 4.69) is 67.7 Å². The third-order valence-corrected chi connectivity index (χ3v) is 5.63. The molecule has 0 bridgehead atoms. The van der Waals surface area contributed by atoms with Gasteiger partial charge in [-0.1, -0.05) is 64.1 Å². The predicted octanol–water partition coefficient (Wildman–Crippen LogP) is 8.32. The smallest absolute Gasteiger partial charge is 0.0998 e. The van der Waals surface area contributed by atoms with E-state index in [4.69, 9.17) is 0 Å². The van der Waals surface area contributed by atoms with Crippen LogP contribution in [0.2, 0.25) is 0 Å². The molecule has 0 amide bonds. The number of hydrogen-bond acceptors (Lipinski definition) is 2. The Morgan fingerprint density at radius 1 is 0.700 bits per heavy atom. The molecule has 0 aliphatic carbocycles. The van der Waals surface area contributed by atoms with Crippen molar-refractivity contribution in [1.82, 2.24) is 0 Å². The van der Waals surface area contributed by atoms with Crippen molar-refractivity contribution in [2.75, 3.05) is 12.4 Å². The molecule has 0 fully saturated rings. The summed E-state index contributed by atoms with van der Waals surface area (Å²) in [5.74, 6) is 0. The third-order valence-electron chi connectivity index (χ3n) is 5.63. The van der Waals surface area contributed by atoms with E-state index in [1.54, 1.807) is 0 Å². The average molecular weight is 395 g/mol. The van der Waals surface area contributed by atoms with Gasteiger partial charge in [0.25, 0.3) is 0 Å². The third kappa shape index (κ3) is 2.94. The quantitative estimate of drug-likeness (QED) is 0.229. The highest BCUT2D eigenvalue weighted by Gasteiger charge is 2.20. The van der Waals surface area contributed by atoms with Crippen molar-refractivity contribution in [3.63, 3.8) is 0 Å². The number of rotatable bonds is 1. The van der Waals surface area contributed by atoms with Crippen LogP contribution in [-0.4, -0.2) is 7.05 Å². The number of fused-ring (bicyclic) bond motifs is 2. The van der Waals surface area contributed by atoms with Crippen LogP contribution >= 0.6 is 0 Å². The first-order chi connectivity index (χ1) is 14.7. The summed E-state index contributed by atoms with van der Waals surface area (Å²) in [5.41, 5.74) is 4.27. The lowest BCUT2D eigenvalue weighted by Gasteiger charge is -2.20. The molecule has 2 nitrogen and oxygen atoms in total. The maximum atomic E-state index is 9.88. The second-order valence-electron chi connectivity index (χ2n) is 7.05. The topological polar surface area (TPSA) is 35.8 Å². The van der Waals surface area contributed by atoms with Crippen LogP contribution in [0, 0.1) is 25.2 Å². The van der Waals surface area contributed by atoms with Crippen LogP contribution in [-0.2, 0) is 0 Å². The molecule has 0 saturated heterocycles. The van der Waals surface area contributed by atoms with Gasteiger partial charge in [-0.2, -0.15) is 5.26 Å². The number of aryl methyl sites for hydroxylation is 2. The lowest BCUT2D eigenvalue weighted by atomic mass is 9.84. The molecular weight excluding hydrogens is 364 g/mol. The summed E-state index contributed by atoms with van der Waals surface area (Å²) in [4.78, 5) is 0. The Morgan fingerprint density at radius 2 is 1.27 bits per heavy atom. The Labute approximate surface area is 179 Å². The molecule has 5 rings (SSSR count). The zero-order valence-electron chi connectivity index (χ0n) is 19.1. The van der Waals surface area contributed by atoms with Crippen LogP contribution in [0.3, 0.4) is 0 Å². The van der Waals surface area contributed by atoms with Crippen molar-refractivity contribution in [2.24, 2.45) is 0 Å². The molecule has 0 aromatic heterocycles. The van der Waals surface area contributed by atoms with Crippen molar-refractivity contribution >= 4 is 48.8 Å². The van der Waals surface area contributed by atoms with Gasteiger partial charge >= 0.3 is 0 Å². The number of nitriles is 1. The number of nitrogens with one attached hydrogen (secondary N) is 1. The molecule has 152 valence electrons. The molecule has 0 atom stereocenters. The molecule has 2 heteroatoms. The Kier molecular flexibility index (Phi) is 6.13. The molecule has 5 aromatic rings. The van der Waals surface area contributed by atoms with Gasteiger partial charge in [0.05, 0.1) is 11.6 Å². The van der Waals surface area contributed by atoms with Crippen LogP contribution in [0.5, 0.6) is 0 Å². The Morgan fingerprint density at radius 3 is 1.83 bits per heavy atom. The van der Waals surface area contributed by atoms with Crippen molar-refractivity contribution in [2.45, 2.75) is 41.5 Å². The van der Waals surface area contributed by atoms with Crippen molar-refractivity contribution < 1.29 is 0 Å². The minimum absolute atomic E-state index is 0.755. The summed E-state index contributed by atoms with van der Waals surface area (Å²) in [6.45, 7) is 12.3. The van der Waals surface area contributed by atoms with Crippen molar-refractivity contribution in [3.05, 3.63) is 65.2 Å². The fraction of sp³-hybridized carbons (Fsp3) is 0.250. The van der Waals surface area contributed by atoms with Crippen LogP contribution in [0.25, 0.3) is 43.1 Å². The molecular formula is C28H30N2. The zero-order chi connectivity index (χ0) is 22.0. The fourth-order valence-electron chi connectivity index (χ4n) is 4.67. The summed E-state index contributed by atoms with van der Waals surface area (Å²) in [6, 6.07) is 19.6. The molecule has 1 N–H and O–H groups in total. The van der Waals surface area contributed by atoms with E-state index in [9.17, 15) is 5.26 Å². The van der Waals surface area contributed by atoms with Gasteiger partial charge in [0.1, 0.15) is 0 Å². The first-order valence-corrected chi connectivity index (χ1v) is 10.9. The van der Waals surface area contributed by atoms with E-state index < -0.39 is 0 Å². The van der Waals surface area contributed by atoms with Crippen LogP contribution in [0.1, 0.15) is 44.4 Å². The van der Waals surface area contributed by atoms with Crippen LogP contribution < -0.4 is 5.32 Å². The Hall–Kier alpha value is -3.31. The minimum atomic E-state index is 0.755. The highest BCUT2D eigenvalue weighted by molar-refractivity contribution is 6.36. The van der Waals surface area contributed by atoms with Gasteiger partial charge in [-0.15, -0.1) is 0 Å². The molecule has 0 spiro atoms. The molecule has 0 aliphatic heterocycles. The summed E-state index contributed by atoms with van der Waals surface area (Å²) >= 11 is 0. The van der Waals surface area contributed by atoms with Crippen molar-refractivity contribution in [1.29, 1.82) is 5.26 Å². The molecule has 0 heterocycles. The van der Waals surface area contributed by atoms with E-state index in [1.807, 2.05) is 40.8 Å². The van der Waals surface area contributed by atoms with Gasteiger partial charge in [-0.05, 0) is 64.0 Å². The molecule has 0 radical (unpaired) electrons. The van der Waals surface area contributed by atoms with E-state index in [1.165, 1.54) is 43.3 Å². The lowest BCUT2D eigenvalue weighted by molar-refractivity contribution is 1.44. The highest BCUT2D eigenvalue weighted by atomic mass is 14.8. The number of nitrogens with zero attached hydrogens (tertiary/aromatic N) is 1. The summed E-state index contributed by atoms with van der Waals surface area (Å²) in [5, 5.41) is 22.9. The standard InChI is InChI=1S/C24H18N2.2C2H6/c1-13-10-16(12-25)22-17-8-4-6-15-7-5-9-18(21(15)17)23-19(26-3)11-14(2)20(13)24(22)23;2*1-2/h4-11,26H,1-3H3;2*1-2H3. The second kappa shape index (κ2) is 8.59.